The first kappa shape index (κ1) is 15.1. The standard InChI is InChI=1S/C4H10N2.Cr.H3O4P/c1-2-6-4-3-5-1;;1-5(2,3)4/h5-6H,1-4H2;;(H3,1,2,3,4)/q;+2;/p-2. The van der Waals surface area contributed by atoms with Gasteiger partial charge in [-0.25, -0.2) is 0 Å². The first-order valence-electron chi connectivity index (χ1n) is 3.25. The summed E-state index contributed by atoms with van der Waals surface area (Å²) in [5.74, 6) is 0. The summed E-state index contributed by atoms with van der Waals surface area (Å²) in [5.41, 5.74) is 0. The van der Waals surface area contributed by atoms with Crippen LogP contribution in [0.3, 0.4) is 0 Å². The van der Waals surface area contributed by atoms with Crippen molar-refractivity contribution in [2.75, 3.05) is 26.2 Å². The van der Waals surface area contributed by atoms with Gasteiger partial charge in [0.05, 0.1) is 13.1 Å². The second kappa shape index (κ2) is 8.17. The van der Waals surface area contributed by atoms with Crippen molar-refractivity contribution in [1.82, 2.24) is 5.32 Å². The molecule has 0 spiro atoms. The molecule has 0 atom stereocenters. The van der Waals surface area contributed by atoms with Crippen molar-refractivity contribution in [3.63, 3.8) is 0 Å². The minimum absolute atomic E-state index is 0. The number of rotatable bonds is 0. The molecule has 6 nitrogen and oxygen atoms in total. The number of phosphoric acid groups is 1. The van der Waals surface area contributed by atoms with Gasteiger partial charge >= 0.3 is 17.4 Å². The molecule has 0 unspecified atom stereocenters. The molecule has 0 radical (unpaired) electrons. The molecular formula is C4H11CrN2O4P. The Labute approximate surface area is 81.7 Å². The summed E-state index contributed by atoms with van der Waals surface area (Å²) in [4.78, 5) is 25.6. The van der Waals surface area contributed by atoms with E-state index in [0.717, 1.165) is 0 Å². The zero-order valence-corrected chi connectivity index (χ0v) is 8.56. The second-order valence-corrected chi connectivity index (χ2v) is 2.96. The van der Waals surface area contributed by atoms with Crippen LogP contribution in [0.4, 0.5) is 0 Å². The number of nitrogens with one attached hydrogen (secondary N) is 1. The third-order valence-corrected chi connectivity index (χ3v) is 1.05. The molecular weight excluding hydrogens is 223 g/mol. The first-order chi connectivity index (χ1) is 5.00. The van der Waals surface area contributed by atoms with Gasteiger partial charge in [0.2, 0.25) is 0 Å². The SMILES string of the molecule is C1C[NH2+]CCN1.O=P([O-])([O-])[O-].[Cr+2]. The van der Waals surface area contributed by atoms with Crippen LogP contribution in [0.25, 0.3) is 0 Å². The van der Waals surface area contributed by atoms with Gasteiger partial charge in [-0.1, -0.05) is 0 Å². The van der Waals surface area contributed by atoms with Crippen LogP contribution in [-0.2, 0) is 21.9 Å². The molecule has 0 aromatic carbocycles. The van der Waals surface area contributed by atoms with Gasteiger partial charge in [-0.15, -0.1) is 0 Å². The summed E-state index contributed by atoms with van der Waals surface area (Å²) in [6.45, 7) is 4.92. The van der Waals surface area contributed by atoms with E-state index in [0.29, 0.717) is 0 Å². The maximum atomic E-state index is 8.55. The van der Waals surface area contributed by atoms with Gasteiger partial charge < -0.3 is 29.9 Å². The van der Waals surface area contributed by atoms with E-state index in [1.54, 1.807) is 0 Å². The fourth-order valence-corrected chi connectivity index (χ4v) is 0.678. The number of nitrogens with two attached hydrogens (primary N) is 1. The molecule has 1 fully saturated rings. The molecule has 3 N–H and O–H groups in total. The Morgan fingerprint density at radius 3 is 1.58 bits per heavy atom. The summed E-state index contributed by atoms with van der Waals surface area (Å²) in [6, 6.07) is 0. The minimum atomic E-state index is -5.39. The van der Waals surface area contributed by atoms with Crippen molar-refractivity contribution in [2.24, 2.45) is 0 Å². The maximum absolute atomic E-state index is 8.55. The molecule has 0 saturated carbocycles. The molecule has 1 rings (SSSR count). The Morgan fingerprint density at radius 2 is 1.50 bits per heavy atom. The van der Waals surface area contributed by atoms with E-state index in [1.165, 1.54) is 26.2 Å². The summed E-state index contributed by atoms with van der Waals surface area (Å²) in [7, 11) is -5.39. The summed E-state index contributed by atoms with van der Waals surface area (Å²) in [6.07, 6.45) is 0. The molecule has 0 amide bonds. The fraction of sp³-hybridized carbons (Fsp3) is 1.00. The molecule has 1 heterocycles. The topological polar surface area (TPSA) is 115 Å². The van der Waals surface area contributed by atoms with E-state index in [4.69, 9.17) is 19.2 Å². The van der Waals surface area contributed by atoms with Gasteiger partial charge in [0.15, 0.2) is 0 Å². The van der Waals surface area contributed by atoms with Crippen LogP contribution < -0.4 is 25.3 Å². The minimum Gasteiger partial charge on any atom is -0.822 e. The van der Waals surface area contributed by atoms with Crippen LogP contribution in [0.15, 0.2) is 0 Å². The van der Waals surface area contributed by atoms with E-state index in [2.05, 4.69) is 10.6 Å². The van der Waals surface area contributed by atoms with Crippen molar-refractivity contribution in [2.45, 2.75) is 0 Å². The molecule has 1 aliphatic rings. The molecule has 0 aromatic heterocycles. The maximum Gasteiger partial charge on any atom is 2.00 e. The van der Waals surface area contributed by atoms with Crippen LogP contribution >= 0.6 is 7.82 Å². The third-order valence-electron chi connectivity index (χ3n) is 1.05. The van der Waals surface area contributed by atoms with Crippen molar-refractivity contribution in [3.8, 4) is 0 Å². The van der Waals surface area contributed by atoms with Gasteiger partial charge in [-0.05, 0) is 0 Å². The zero-order valence-electron chi connectivity index (χ0n) is 6.39. The second-order valence-electron chi connectivity index (χ2n) is 2.06. The normalized spacial score (nSPS) is 16.9. The molecule has 1 aliphatic heterocycles. The van der Waals surface area contributed by atoms with E-state index in [9.17, 15) is 0 Å². The van der Waals surface area contributed by atoms with Crippen molar-refractivity contribution < 1.29 is 41.9 Å². The third kappa shape index (κ3) is 22.4. The van der Waals surface area contributed by atoms with E-state index >= 15 is 0 Å². The van der Waals surface area contributed by atoms with Crippen LogP contribution in [0.2, 0.25) is 0 Å². The molecule has 0 aliphatic carbocycles. The molecule has 1 saturated heterocycles. The number of piperazine rings is 1. The van der Waals surface area contributed by atoms with Gasteiger partial charge in [-0.3, -0.25) is 0 Å². The van der Waals surface area contributed by atoms with Crippen molar-refractivity contribution in [3.05, 3.63) is 0 Å². The number of hydrogen-bond donors (Lipinski definition) is 2. The molecule has 0 bridgehead atoms. The largest absolute Gasteiger partial charge is 2.00 e. The van der Waals surface area contributed by atoms with Crippen molar-refractivity contribution >= 4 is 7.82 Å². The van der Waals surface area contributed by atoms with Gasteiger partial charge in [0.25, 0.3) is 0 Å². The molecule has 0 aromatic rings. The number of quaternary nitrogens is 1. The Hall–Kier alpha value is 0.562. The average Bonchev–Trinajstić information content (AvgIpc) is 1.88. The number of hydrogen-bond acceptors (Lipinski definition) is 5. The Morgan fingerprint density at radius 1 is 1.17 bits per heavy atom. The predicted molar refractivity (Wildman–Crippen MR) is 32.1 cm³/mol. The monoisotopic (exact) mass is 234 g/mol. The molecule has 8 heteroatoms. The molecule has 12 heavy (non-hydrogen) atoms. The van der Waals surface area contributed by atoms with Crippen LogP contribution in [0.5, 0.6) is 0 Å². The quantitative estimate of drug-likeness (QED) is 0.409. The predicted octanol–water partition coefficient (Wildman–Crippen LogP) is -4.67. The van der Waals surface area contributed by atoms with E-state index < -0.39 is 7.82 Å². The zero-order chi connectivity index (χ0) is 8.74. The van der Waals surface area contributed by atoms with Gasteiger partial charge in [0.1, 0.15) is 0 Å². The summed E-state index contributed by atoms with van der Waals surface area (Å²) in [5, 5.41) is 5.58. The van der Waals surface area contributed by atoms with Gasteiger partial charge in [0, 0.05) is 13.1 Å². The van der Waals surface area contributed by atoms with Crippen LogP contribution in [0, 0.1) is 0 Å². The van der Waals surface area contributed by atoms with Crippen LogP contribution in [-0.4, -0.2) is 26.2 Å². The Bertz CT molecular complexity index is 117. The Kier molecular flexibility index (Phi) is 10.3. The summed E-state index contributed by atoms with van der Waals surface area (Å²) >= 11 is 0. The van der Waals surface area contributed by atoms with Gasteiger partial charge in [-0.2, -0.15) is 7.82 Å². The smallest absolute Gasteiger partial charge is 0.822 e. The van der Waals surface area contributed by atoms with E-state index in [-0.39, 0.29) is 17.4 Å². The fourth-order valence-electron chi connectivity index (χ4n) is 0.678. The average molecular weight is 234 g/mol. The first-order valence-corrected chi connectivity index (χ1v) is 4.71. The van der Waals surface area contributed by atoms with Crippen molar-refractivity contribution in [1.29, 1.82) is 0 Å². The Balaban J connectivity index is 0. The van der Waals surface area contributed by atoms with Crippen LogP contribution in [0.1, 0.15) is 0 Å². The van der Waals surface area contributed by atoms with E-state index in [1.807, 2.05) is 0 Å². The summed E-state index contributed by atoms with van der Waals surface area (Å²) < 4.78 is 8.55. The molecule has 72 valence electrons.